The highest BCUT2D eigenvalue weighted by atomic mass is 16.5. The molecule has 6 heteroatoms. The van der Waals surface area contributed by atoms with Crippen LogP contribution in [-0.4, -0.2) is 80.0 Å². The molecule has 0 saturated carbocycles. The van der Waals surface area contributed by atoms with Crippen molar-refractivity contribution in [2.24, 2.45) is 5.41 Å². The lowest BCUT2D eigenvalue weighted by Crippen LogP contribution is -2.56. The third kappa shape index (κ3) is 5.32. The number of hydrogen-bond donors (Lipinski definition) is 0. The molecule has 0 N–H and O–H groups in total. The third-order valence-electron chi connectivity index (χ3n) is 6.03. The van der Waals surface area contributed by atoms with E-state index in [0.29, 0.717) is 26.1 Å². The van der Waals surface area contributed by atoms with Crippen LogP contribution < -0.4 is 0 Å². The van der Waals surface area contributed by atoms with Gasteiger partial charge in [-0.2, -0.15) is 0 Å². The van der Waals surface area contributed by atoms with Crippen molar-refractivity contribution in [3.8, 4) is 0 Å². The van der Waals surface area contributed by atoms with Gasteiger partial charge in [-0.05, 0) is 31.9 Å². The van der Waals surface area contributed by atoms with Crippen LogP contribution in [0.15, 0.2) is 30.3 Å². The number of methoxy groups -OCH3 is 1. The van der Waals surface area contributed by atoms with Gasteiger partial charge in [0.05, 0.1) is 13.2 Å². The standard InChI is InChI=1S/C22H33N3O3/c1-23(15-19-7-4-3-5-8-19)16-21(27)24-12-6-10-22(17-24)11-9-20(26)25(18-22)13-14-28-2/h3-5,7-8H,6,9-18H2,1-2H3/t22-/m0/s1. The minimum absolute atomic E-state index is 0.0492. The molecule has 2 saturated heterocycles. The van der Waals surface area contributed by atoms with E-state index in [1.165, 1.54) is 5.56 Å². The minimum atomic E-state index is 0.0492. The summed E-state index contributed by atoms with van der Waals surface area (Å²) in [6.07, 6.45) is 3.58. The van der Waals surface area contributed by atoms with Crippen LogP contribution in [0.25, 0.3) is 0 Å². The molecule has 3 rings (SSSR count). The van der Waals surface area contributed by atoms with Gasteiger partial charge in [-0.25, -0.2) is 0 Å². The van der Waals surface area contributed by atoms with Crippen LogP contribution in [0.3, 0.4) is 0 Å². The summed E-state index contributed by atoms with van der Waals surface area (Å²) in [5.74, 6) is 0.409. The predicted octanol–water partition coefficient (Wildman–Crippen LogP) is 2.00. The normalized spacial score (nSPS) is 22.9. The van der Waals surface area contributed by atoms with Gasteiger partial charge in [0.1, 0.15) is 0 Å². The Kier molecular flexibility index (Phi) is 7.08. The number of hydrogen-bond acceptors (Lipinski definition) is 4. The van der Waals surface area contributed by atoms with Crippen molar-refractivity contribution in [2.45, 2.75) is 32.2 Å². The van der Waals surface area contributed by atoms with Crippen LogP contribution in [0.5, 0.6) is 0 Å². The summed E-state index contributed by atoms with van der Waals surface area (Å²) in [5, 5.41) is 0. The molecule has 0 radical (unpaired) electrons. The number of rotatable bonds is 7. The summed E-state index contributed by atoms with van der Waals surface area (Å²) in [4.78, 5) is 31.2. The largest absolute Gasteiger partial charge is 0.383 e. The van der Waals surface area contributed by atoms with Crippen LogP contribution in [0, 0.1) is 5.41 Å². The van der Waals surface area contributed by atoms with Gasteiger partial charge in [-0.1, -0.05) is 30.3 Å². The summed E-state index contributed by atoms with van der Waals surface area (Å²) in [5.41, 5.74) is 1.26. The van der Waals surface area contributed by atoms with Gasteiger partial charge in [0, 0.05) is 51.7 Å². The zero-order chi connectivity index (χ0) is 20.0. The van der Waals surface area contributed by atoms with Crippen molar-refractivity contribution in [3.05, 3.63) is 35.9 Å². The van der Waals surface area contributed by atoms with Crippen molar-refractivity contribution < 1.29 is 14.3 Å². The van der Waals surface area contributed by atoms with Gasteiger partial charge < -0.3 is 14.5 Å². The third-order valence-corrected chi connectivity index (χ3v) is 6.03. The van der Waals surface area contributed by atoms with Crippen molar-refractivity contribution in [1.29, 1.82) is 0 Å². The molecule has 0 unspecified atom stereocenters. The van der Waals surface area contributed by atoms with E-state index in [9.17, 15) is 9.59 Å². The first-order chi connectivity index (χ1) is 13.5. The Morgan fingerprint density at radius 1 is 1.21 bits per heavy atom. The number of likely N-dealkylation sites (tertiary alicyclic amines) is 2. The fraction of sp³-hybridized carbons (Fsp3) is 0.636. The van der Waals surface area contributed by atoms with E-state index < -0.39 is 0 Å². The van der Waals surface area contributed by atoms with Crippen LogP contribution in [0.1, 0.15) is 31.2 Å². The lowest BCUT2D eigenvalue weighted by Gasteiger charge is -2.48. The molecular weight excluding hydrogens is 354 g/mol. The van der Waals surface area contributed by atoms with Gasteiger partial charge in [-0.15, -0.1) is 0 Å². The number of piperidine rings is 2. The maximum absolute atomic E-state index is 12.9. The number of carbonyl (C=O) groups excluding carboxylic acids is 2. The van der Waals surface area contributed by atoms with Crippen molar-refractivity contribution in [1.82, 2.24) is 14.7 Å². The number of likely N-dealkylation sites (N-methyl/N-ethyl adjacent to an activating group) is 1. The Hall–Kier alpha value is -1.92. The lowest BCUT2D eigenvalue weighted by atomic mass is 9.73. The van der Waals surface area contributed by atoms with E-state index in [1.54, 1.807) is 7.11 Å². The first-order valence-electron chi connectivity index (χ1n) is 10.3. The second-order valence-corrected chi connectivity index (χ2v) is 8.38. The molecule has 0 bridgehead atoms. The molecule has 0 aromatic heterocycles. The molecule has 1 aromatic rings. The summed E-state index contributed by atoms with van der Waals surface area (Å²) in [6, 6.07) is 10.2. The number of ether oxygens (including phenoxy) is 1. The molecule has 154 valence electrons. The van der Waals surface area contributed by atoms with Crippen LogP contribution in [0.4, 0.5) is 0 Å². The molecule has 2 aliphatic rings. The molecule has 2 heterocycles. The van der Waals surface area contributed by atoms with E-state index in [-0.39, 0.29) is 17.2 Å². The van der Waals surface area contributed by atoms with Crippen molar-refractivity contribution in [3.63, 3.8) is 0 Å². The van der Waals surface area contributed by atoms with E-state index in [4.69, 9.17) is 4.74 Å². The van der Waals surface area contributed by atoms with E-state index in [1.807, 2.05) is 35.0 Å². The molecule has 28 heavy (non-hydrogen) atoms. The quantitative estimate of drug-likeness (QED) is 0.718. The smallest absolute Gasteiger partial charge is 0.236 e. The highest BCUT2D eigenvalue weighted by Crippen LogP contribution is 2.38. The van der Waals surface area contributed by atoms with Gasteiger partial charge in [0.15, 0.2) is 0 Å². The van der Waals surface area contributed by atoms with Gasteiger partial charge in [0.25, 0.3) is 0 Å². The Labute approximate surface area is 168 Å². The van der Waals surface area contributed by atoms with E-state index in [0.717, 1.165) is 45.4 Å². The predicted molar refractivity (Wildman–Crippen MR) is 109 cm³/mol. The van der Waals surface area contributed by atoms with Gasteiger partial charge >= 0.3 is 0 Å². The lowest BCUT2D eigenvalue weighted by molar-refractivity contribution is -0.144. The second kappa shape index (κ2) is 9.52. The maximum atomic E-state index is 12.9. The van der Waals surface area contributed by atoms with E-state index in [2.05, 4.69) is 17.0 Å². The monoisotopic (exact) mass is 387 g/mol. The van der Waals surface area contributed by atoms with E-state index >= 15 is 0 Å². The molecule has 2 fully saturated rings. The Balaban J connectivity index is 1.56. The SMILES string of the molecule is COCCN1C[C@@]2(CCCN(C(=O)CN(C)Cc3ccccc3)C2)CCC1=O. The van der Waals surface area contributed by atoms with Crippen LogP contribution >= 0.6 is 0 Å². The number of benzene rings is 1. The molecular formula is C22H33N3O3. The van der Waals surface area contributed by atoms with Crippen molar-refractivity contribution in [2.75, 3.05) is 53.5 Å². The molecule has 6 nitrogen and oxygen atoms in total. The zero-order valence-electron chi connectivity index (χ0n) is 17.2. The fourth-order valence-corrected chi connectivity index (χ4v) is 4.54. The topological polar surface area (TPSA) is 53.1 Å². The number of nitrogens with zero attached hydrogens (tertiary/aromatic N) is 3. The Bertz CT molecular complexity index is 666. The molecule has 0 aliphatic carbocycles. The highest BCUT2D eigenvalue weighted by molar-refractivity contribution is 5.79. The summed E-state index contributed by atoms with van der Waals surface area (Å²) in [6.45, 7) is 4.74. The minimum Gasteiger partial charge on any atom is -0.383 e. The number of carbonyl (C=O) groups is 2. The summed E-state index contributed by atoms with van der Waals surface area (Å²) in [7, 11) is 3.66. The Morgan fingerprint density at radius 2 is 2.00 bits per heavy atom. The van der Waals surface area contributed by atoms with Gasteiger partial charge in [-0.3, -0.25) is 14.5 Å². The van der Waals surface area contributed by atoms with Crippen molar-refractivity contribution >= 4 is 11.8 Å². The first-order valence-corrected chi connectivity index (χ1v) is 10.3. The molecule has 2 aliphatic heterocycles. The van der Waals surface area contributed by atoms with Gasteiger partial charge in [0.2, 0.25) is 11.8 Å². The first kappa shape index (κ1) is 20.8. The molecule has 2 amide bonds. The number of amides is 2. The second-order valence-electron chi connectivity index (χ2n) is 8.38. The van der Waals surface area contributed by atoms with Crippen LogP contribution in [0.2, 0.25) is 0 Å². The summed E-state index contributed by atoms with van der Waals surface area (Å²) >= 11 is 0. The molecule has 1 atom stereocenters. The maximum Gasteiger partial charge on any atom is 0.236 e. The fourth-order valence-electron chi connectivity index (χ4n) is 4.54. The molecule has 1 spiro atoms. The molecule has 1 aromatic carbocycles. The zero-order valence-corrected chi connectivity index (χ0v) is 17.2. The summed E-state index contributed by atoms with van der Waals surface area (Å²) < 4.78 is 5.16. The Morgan fingerprint density at radius 3 is 2.75 bits per heavy atom. The highest BCUT2D eigenvalue weighted by Gasteiger charge is 2.42. The van der Waals surface area contributed by atoms with Crippen LogP contribution in [-0.2, 0) is 20.9 Å². The average Bonchev–Trinajstić information content (AvgIpc) is 2.69. The average molecular weight is 388 g/mol.